The van der Waals surface area contributed by atoms with Crippen LogP contribution in [0.5, 0.6) is 11.6 Å². The van der Waals surface area contributed by atoms with Crippen molar-refractivity contribution in [3.05, 3.63) is 72.1 Å². The molecule has 0 aliphatic rings. The number of rotatable bonds is 7. The van der Waals surface area contributed by atoms with E-state index in [-0.39, 0.29) is 18.2 Å². The van der Waals surface area contributed by atoms with Crippen LogP contribution in [0.1, 0.15) is 11.6 Å². The van der Waals surface area contributed by atoms with Gasteiger partial charge in [-0.2, -0.15) is 8.78 Å². The lowest BCUT2D eigenvalue weighted by atomic mass is 10.1. The van der Waals surface area contributed by atoms with Crippen LogP contribution < -0.4 is 15.2 Å². The molecule has 1 atom stereocenters. The number of fused-ring (bicyclic) bond motifs is 1. The van der Waals surface area contributed by atoms with E-state index in [0.717, 1.165) is 12.1 Å². The van der Waals surface area contributed by atoms with E-state index < -0.39 is 24.3 Å². The Morgan fingerprint density at radius 1 is 0.968 bits per heavy atom. The minimum absolute atomic E-state index is 0.00298. The van der Waals surface area contributed by atoms with Crippen molar-refractivity contribution in [1.29, 1.82) is 0 Å². The maximum Gasteiger partial charge on any atom is 0.387 e. The monoisotopic (exact) mass is 433 g/mol. The molecule has 2 aromatic carbocycles. The van der Waals surface area contributed by atoms with Crippen LogP contribution in [-0.2, 0) is 0 Å². The molecule has 31 heavy (non-hydrogen) atoms. The number of alkyl halides is 2. The molecule has 1 unspecified atom stereocenters. The first kappa shape index (κ1) is 20.5. The summed E-state index contributed by atoms with van der Waals surface area (Å²) in [5.74, 6) is -1.34. The third kappa shape index (κ3) is 4.40. The molecule has 11 heteroatoms. The van der Waals surface area contributed by atoms with Crippen molar-refractivity contribution in [2.75, 3.05) is 6.61 Å². The van der Waals surface area contributed by atoms with Gasteiger partial charge in [-0.1, -0.05) is 6.07 Å². The molecule has 7 nitrogen and oxygen atoms in total. The maximum atomic E-state index is 13.5. The Bertz CT molecular complexity index is 1200. The van der Waals surface area contributed by atoms with Crippen LogP contribution in [0.2, 0.25) is 0 Å². The van der Waals surface area contributed by atoms with Crippen LogP contribution >= 0.6 is 0 Å². The predicted octanol–water partition coefficient (Wildman–Crippen LogP) is 3.75. The Labute approximate surface area is 173 Å². The lowest BCUT2D eigenvalue weighted by Gasteiger charge is -2.15. The number of hydrogen-bond acceptors (Lipinski definition) is 6. The number of aromatic nitrogens is 4. The zero-order valence-electron chi connectivity index (χ0n) is 15.8. The van der Waals surface area contributed by atoms with Crippen molar-refractivity contribution in [3.63, 3.8) is 0 Å². The summed E-state index contributed by atoms with van der Waals surface area (Å²) in [7, 11) is 0. The van der Waals surface area contributed by atoms with Gasteiger partial charge in [0.05, 0.1) is 18.4 Å². The van der Waals surface area contributed by atoms with Crippen LogP contribution in [0.4, 0.5) is 17.6 Å². The highest BCUT2D eigenvalue weighted by atomic mass is 19.3. The second kappa shape index (κ2) is 8.56. The van der Waals surface area contributed by atoms with Crippen molar-refractivity contribution in [2.45, 2.75) is 12.7 Å². The first-order valence-electron chi connectivity index (χ1n) is 9.00. The standard InChI is InChI=1S/C20H15F4N5O2/c21-14-6-3-12(7-15(14)22)16(25)10-30-18-9-26-8-17-27-28-19(29(17)18)11-1-4-13(5-2-11)31-20(23)24/h1-9,16,20H,10,25H2. The van der Waals surface area contributed by atoms with Gasteiger partial charge in [-0.3, -0.25) is 4.98 Å². The molecule has 2 aromatic heterocycles. The fraction of sp³-hybridized carbons (Fsp3) is 0.150. The van der Waals surface area contributed by atoms with Crippen LogP contribution in [0, 0.1) is 11.6 Å². The highest BCUT2D eigenvalue weighted by Crippen LogP contribution is 2.26. The van der Waals surface area contributed by atoms with E-state index in [2.05, 4.69) is 19.9 Å². The number of ether oxygens (including phenoxy) is 2. The average molecular weight is 433 g/mol. The number of nitrogens with zero attached hydrogens (tertiary/aromatic N) is 4. The molecule has 0 spiro atoms. The Morgan fingerprint density at radius 3 is 2.45 bits per heavy atom. The SMILES string of the molecule is NC(COc1cncc2nnc(-c3ccc(OC(F)F)cc3)n12)c1ccc(F)c(F)c1. The van der Waals surface area contributed by atoms with E-state index in [9.17, 15) is 17.6 Å². The molecule has 0 saturated carbocycles. The van der Waals surface area contributed by atoms with Gasteiger partial charge in [-0.05, 0) is 42.0 Å². The van der Waals surface area contributed by atoms with Crippen molar-refractivity contribution in [1.82, 2.24) is 19.6 Å². The van der Waals surface area contributed by atoms with Crippen molar-refractivity contribution >= 4 is 5.65 Å². The quantitative estimate of drug-likeness (QED) is 0.447. The minimum Gasteiger partial charge on any atom is -0.475 e. The van der Waals surface area contributed by atoms with Gasteiger partial charge < -0.3 is 15.2 Å². The van der Waals surface area contributed by atoms with Crippen LogP contribution in [-0.4, -0.2) is 32.8 Å². The van der Waals surface area contributed by atoms with Gasteiger partial charge >= 0.3 is 6.61 Å². The van der Waals surface area contributed by atoms with E-state index >= 15 is 0 Å². The molecule has 0 radical (unpaired) electrons. The summed E-state index contributed by atoms with van der Waals surface area (Å²) in [4.78, 5) is 4.04. The second-order valence-electron chi connectivity index (χ2n) is 6.46. The number of benzene rings is 2. The zero-order valence-corrected chi connectivity index (χ0v) is 15.8. The molecule has 0 fully saturated rings. The fourth-order valence-electron chi connectivity index (χ4n) is 2.91. The molecular formula is C20H15F4N5O2. The Hall–Kier alpha value is -3.73. The molecule has 160 valence electrons. The Kier molecular flexibility index (Phi) is 5.67. The average Bonchev–Trinajstić information content (AvgIpc) is 3.19. The van der Waals surface area contributed by atoms with Crippen molar-refractivity contribution in [3.8, 4) is 23.0 Å². The highest BCUT2D eigenvalue weighted by Gasteiger charge is 2.16. The topological polar surface area (TPSA) is 87.6 Å². The number of halogens is 4. The zero-order chi connectivity index (χ0) is 22.0. The van der Waals surface area contributed by atoms with Gasteiger partial charge in [-0.15, -0.1) is 10.2 Å². The van der Waals surface area contributed by atoms with Gasteiger partial charge in [0.2, 0.25) is 5.88 Å². The minimum atomic E-state index is -2.93. The first-order valence-corrected chi connectivity index (χ1v) is 9.00. The Morgan fingerprint density at radius 2 is 1.74 bits per heavy atom. The van der Waals surface area contributed by atoms with E-state index in [1.165, 1.54) is 30.6 Å². The summed E-state index contributed by atoms with van der Waals surface area (Å²) in [6.07, 6.45) is 2.89. The molecule has 0 amide bonds. The van der Waals surface area contributed by atoms with E-state index in [0.29, 0.717) is 22.6 Å². The van der Waals surface area contributed by atoms with Gasteiger partial charge in [0, 0.05) is 5.56 Å². The third-order valence-corrected chi connectivity index (χ3v) is 4.40. The van der Waals surface area contributed by atoms with E-state index in [1.807, 2.05) is 0 Å². The summed E-state index contributed by atoms with van der Waals surface area (Å²) in [6, 6.07) is 8.49. The van der Waals surface area contributed by atoms with E-state index in [1.54, 1.807) is 16.5 Å². The van der Waals surface area contributed by atoms with Crippen LogP contribution in [0.3, 0.4) is 0 Å². The van der Waals surface area contributed by atoms with Gasteiger partial charge in [0.15, 0.2) is 23.1 Å². The summed E-state index contributed by atoms with van der Waals surface area (Å²) >= 11 is 0. The van der Waals surface area contributed by atoms with Crippen molar-refractivity contribution in [2.24, 2.45) is 5.73 Å². The van der Waals surface area contributed by atoms with E-state index in [4.69, 9.17) is 10.5 Å². The number of hydrogen-bond donors (Lipinski definition) is 1. The smallest absolute Gasteiger partial charge is 0.387 e. The van der Waals surface area contributed by atoms with Gasteiger partial charge in [0.1, 0.15) is 12.4 Å². The molecule has 2 N–H and O–H groups in total. The maximum absolute atomic E-state index is 13.5. The van der Waals surface area contributed by atoms with Crippen LogP contribution in [0.15, 0.2) is 54.9 Å². The summed E-state index contributed by atoms with van der Waals surface area (Å²) in [6.45, 7) is -2.99. The lowest BCUT2D eigenvalue weighted by molar-refractivity contribution is -0.0498. The first-order chi connectivity index (χ1) is 14.9. The predicted molar refractivity (Wildman–Crippen MR) is 102 cm³/mol. The molecule has 4 rings (SSSR count). The summed E-state index contributed by atoms with van der Waals surface area (Å²) in [5.41, 5.74) is 7.34. The summed E-state index contributed by atoms with van der Waals surface area (Å²) in [5, 5.41) is 8.13. The molecule has 0 bridgehead atoms. The van der Waals surface area contributed by atoms with Gasteiger partial charge in [0.25, 0.3) is 0 Å². The lowest BCUT2D eigenvalue weighted by Crippen LogP contribution is -2.20. The molecule has 4 aromatic rings. The highest BCUT2D eigenvalue weighted by molar-refractivity contribution is 5.61. The van der Waals surface area contributed by atoms with Crippen molar-refractivity contribution < 1.29 is 27.0 Å². The molecule has 0 aliphatic carbocycles. The molecular weight excluding hydrogens is 418 g/mol. The fourth-order valence-corrected chi connectivity index (χ4v) is 2.91. The normalized spacial score (nSPS) is 12.3. The third-order valence-electron chi connectivity index (χ3n) is 4.40. The summed E-state index contributed by atoms with van der Waals surface area (Å²) < 4.78 is 62.9. The molecule has 2 heterocycles. The largest absolute Gasteiger partial charge is 0.475 e. The second-order valence-corrected chi connectivity index (χ2v) is 6.46. The molecule has 0 aliphatic heterocycles. The number of nitrogens with two attached hydrogens (primary N) is 1. The van der Waals surface area contributed by atoms with Crippen LogP contribution in [0.25, 0.3) is 17.0 Å². The van der Waals surface area contributed by atoms with Gasteiger partial charge in [-0.25, -0.2) is 13.2 Å². The Balaban J connectivity index is 1.59. The molecule has 0 saturated heterocycles.